The molecule has 0 amide bonds. The summed E-state index contributed by atoms with van der Waals surface area (Å²) in [4.78, 5) is 14.6. The first-order valence-electron chi connectivity index (χ1n) is 6.24. The van der Waals surface area contributed by atoms with E-state index in [-0.39, 0.29) is 11.6 Å². The van der Waals surface area contributed by atoms with Crippen molar-refractivity contribution < 1.29 is 14.0 Å². The molecule has 7 heteroatoms. The van der Waals surface area contributed by atoms with E-state index in [9.17, 15) is 10.1 Å². The lowest BCUT2D eigenvalue weighted by atomic mass is 10.2. The second-order valence-corrected chi connectivity index (χ2v) is 4.37. The molecule has 0 N–H and O–H groups in total. The van der Waals surface area contributed by atoms with E-state index in [1.165, 1.54) is 12.1 Å². The van der Waals surface area contributed by atoms with Crippen LogP contribution < -0.4 is 4.57 Å². The Labute approximate surface area is 119 Å². The molecule has 0 saturated heterocycles. The zero-order valence-corrected chi connectivity index (χ0v) is 10.9. The summed E-state index contributed by atoms with van der Waals surface area (Å²) in [6.45, 7) is 0.471. The lowest BCUT2D eigenvalue weighted by Crippen LogP contribution is -2.33. The Morgan fingerprint density at radius 1 is 1.19 bits per heavy atom. The molecular weight excluding hydrogens is 272 g/mol. The predicted molar refractivity (Wildman–Crippen MR) is 72.1 cm³/mol. The van der Waals surface area contributed by atoms with Gasteiger partial charge in [-0.3, -0.25) is 10.1 Å². The summed E-state index contributed by atoms with van der Waals surface area (Å²) in [7, 11) is 0. The van der Waals surface area contributed by atoms with Crippen molar-refractivity contribution in [3.05, 3.63) is 70.8 Å². The SMILES string of the molecule is O=[N+]([O-])c1cccc(-c2nc(C[n+]3ccccc3)no2)c1. The Balaban J connectivity index is 1.85. The van der Waals surface area contributed by atoms with Crippen LogP contribution >= 0.6 is 0 Å². The molecule has 0 unspecified atom stereocenters. The third kappa shape index (κ3) is 2.92. The van der Waals surface area contributed by atoms with Gasteiger partial charge in [-0.2, -0.15) is 9.55 Å². The molecule has 2 aromatic heterocycles. The first kappa shape index (κ1) is 12.9. The Kier molecular flexibility index (Phi) is 3.38. The van der Waals surface area contributed by atoms with Crippen molar-refractivity contribution in [2.24, 2.45) is 0 Å². The van der Waals surface area contributed by atoms with Gasteiger partial charge in [0.2, 0.25) is 12.4 Å². The van der Waals surface area contributed by atoms with Crippen molar-refractivity contribution in [3.8, 4) is 11.5 Å². The third-order valence-corrected chi connectivity index (χ3v) is 2.87. The second-order valence-electron chi connectivity index (χ2n) is 4.37. The minimum atomic E-state index is -0.458. The molecule has 3 rings (SSSR count). The van der Waals surface area contributed by atoms with Crippen LogP contribution in [0.3, 0.4) is 0 Å². The summed E-state index contributed by atoms with van der Waals surface area (Å²) in [6.07, 6.45) is 3.78. The fourth-order valence-corrected chi connectivity index (χ4v) is 1.89. The van der Waals surface area contributed by atoms with Crippen molar-refractivity contribution in [2.45, 2.75) is 6.54 Å². The standard InChI is InChI=1S/C14H11N4O3/c19-18(20)12-6-4-5-11(9-12)14-15-13(16-21-14)10-17-7-2-1-3-8-17/h1-9H,10H2/q+1. The van der Waals surface area contributed by atoms with Gasteiger partial charge in [-0.1, -0.05) is 17.3 Å². The molecule has 104 valence electrons. The van der Waals surface area contributed by atoms with Crippen LogP contribution in [0.2, 0.25) is 0 Å². The van der Waals surface area contributed by atoms with Crippen LogP contribution in [0.15, 0.2) is 59.4 Å². The molecule has 0 saturated carbocycles. The third-order valence-electron chi connectivity index (χ3n) is 2.87. The molecule has 7 nitrogen and oxygen atoms in total. The van der Waals surface area contributed by atoms with E-state index < -0.39 is 4.92 Å². The van der Waals surface area contributed by atoms with Gasteiger partial charge in [0.1, 0.15) is 0 Å². The summed E-state index contributed by atoms with van der Waals surface area (Å²) >= 11 is 0. The Hall–Kier alpha value is -3.09. The molecule has 2 heterocycles. The number of hydrogen-bond acceptors (Lipinski definition) is 5. The second kappa shape index (κ2) is 5.49. The highest BCUT2D eigenvalue weighted by Crippen LogP contribution is 2.22. The first-order valence-corrected chi connectivity index (χ1v) is 6.24. The number of nitrogens with zero attached hydrogens (tertiary/aromatic N) is 4. The summed E-state index contributed by atoms with van der Waals surface area (Å²) in [6, 6.07) is 11.8. The van der Waals surface area contributed by atoms with Crippen molar-refractivity contribution in [1.82, 2.24) is 10.1 Å². The fraction of sp³-hybridized carbons (Fsp3) is 0.0714. The topological polar surface area (TPSA) is 85.9 Å². The van der Waals surface area contributed by atoms with Gasteiger partial charge in [0.15, 0.2) is 12.4 Å². The van der Waals surface area contributed by atoms with Crippen LogP contribution in [0.4, 0.5) is 5.69 Å². The predicted octanol–water partition coefficient (Wildman–Crippen LogP) is 1.98. The molecule has 21 heavy (non-hydrogen) atoms. The molecule has 0 spiro atoms. The van der Waals surface area contributed by atoms with Gasteiger partial charge in [-0.25, -0.2) is 0 Å². The van der Waals surface area contributed by atoms with Gasteiger partial charge in [0.25, 0.3) is 11.6 Å². The van der Waals surface area contributed by atoms with E-state index in [1.807, 2.05) is 35.2 Å². The highest BCUT2D eigenvalue weighted by Gasteiger charge is 2.14. The van der Waals surface area contributed by atoms with Crippen LogP contribution in [0.5, 0.6) is 0 Å². The molecule has 1 aromatic carbocycles. The monoisotopic (exact) mass is 283 g/mol. The number of benzene rings is 1. The molecule has 0 radical (unpaired) electrons. The fourth-order valence-electron chi connectivity index (χ4n) is 1.89. The molecule has 0 aliphatic rings. The highest BCUT2D eigenvalue weighted by atomic mass is 16.6. The summed E-state index contributed by atoms with van der Waals surface area (Å²) in [5, 5.41) is 14.7. The van der Waals surface area contributed by atoms with E-state index in [1.54, 1.807) is 12.1 Å². The van der Waals surface area contributed by atoms with Crippen LogP contribution in [-0.2, 0) is 6.54 Å². The number of hydrogen-bond donors (Lipinski definition) is 0. The first-order chi connectivity index (χ1) is 10.2. The Bertz CT molecular complexity index is 771. The molecule has 0 aliphatic heterocycles. The summed E-state index contributed by atoms with van der Waals surface area (Å²) in [5.41, 5.74) is 0.519. The maximum absolute atomic E-state index is 10.8. The number of aromatic nitrogens is 3. The van der Waals surface area contributed by atoms with Crippen molar-refractivity contribution in [3.63, 3.8) is 0 Å². The molecule has 0 aliphatic carbocycles. The van der Waals surface area contributed by atoms with E-state index in [4.69, 9.17) is 4.52 Å². The van der Waals surface area contributed by atoms with Gasteiger partial charge in [-0.15, -0.1) is 0 Å². The van der Waals surface area contributed by atoms with Crippen molar-refractivity contribution in [1.29, 1.82) is 0 Å². The zero-order valence-electron chi connectivity index (χ0n) is 10.9. The normalized spacial score (nSPS) is 10.5. The largest absolute Gasteiger partial charge is 0.334 e. The van der Waals surface area contributed by atoms with E-state index in [0.29, 0.717) is 17.9 Å². The van der Waals surface area contributed by atoms with Gasteiger partial charge in [-0.05, 0) is 6.07 Å². The molecular formula is C14H11N4O3+. The minimum Gasteiger partial charge on any atom is -0.334 e. The summed E-state index contributed by atoms with van der Waals surface area (Å²) < 4.78 is 7.07. The zero-order chi connectivity index (χ0) is 14.7. The van der Waals surface area contributed by atoms with Gasteiger partial charge < -0.3 is 4.52 Å². The number of non-ortho nitro benzene ring substituents is 1. The Morgan fingerprint density at radius 2 is 2.00 bits per heavy atom. The smallest absolute Gasteiger partial charge is 0.270 e. The maximum Gasteiger partial charge on any atom is 0.270 e. The number of nitro benzene ring substituents is 1. The van der Waals surface area contributed by atoms with Crippen LogP contribution in [0.25, 0.3) is 11.5 Å². The lowest BCUT2D eigenvalue weighted by molar-refractivity contribution is -0.689. The number of nitro groups is 1. The van der Waals surface area contributed by atoms with E-state index in [2.05, 4.69) is 10.1 Å². The number of pyridine rings is 1. The van der Waals surface area contributed by atoms with Crippen LogP contribution in [0.1, 0.15) is 5.82 Å². The average Bonchev–Trinajstić information content (AvgIpc) is 2.97. The molecule has 0 fully saturated rings. The molecule has 0 atom stereocenters. The Morgan fingerprint density at radius 3 is 2.76 bits per heavy atom. The van der Waals surface area contributed by atoms with Gasteiger partial charge in [0, 0.05) is 29.8 Å². The quantitative estimate of drug-likeness (QED) is 0.415. The van der Waals surface area contributed by atoms with E-state index >= 15 is 0 Å². The van der Waals surface area contributed by atoms with Gasteiger partial charge >= 0.3 is 0 Å². The molecule has 0 bridgehead atoms. The highest BCUT2D eigenvalue weighted by molar-refractivity contribution is 5.57. The van der Waals surface area contributed by atoms with E-state index in [0.717, 1.165) is 0 Å². The summed E-state index contributed by atoms with van der Waals surface area (Å²) in [5.74, 6) is 0.776. The van der Waals surface area contributed by atoms with Gasteiger partial charge in [0.05, 0.1) is 4.92 Å². The molecule has 3 aromatic rings. The minimum absolute atomic E-state index is 0.00955. The average molecular weight is 283 g/mol. The maximum atomic E-state index is 10.8. The van der Waals surface area contributed by atoms with Crippen molar-refractivity contribution in [2.75, 3.05) is 0 Å². The van der Waals surface area contributed by atoms with Crippen LogP contribution in [-0.4, -0.2) is 15.1 Å². The number of rotatable bonds is 4. The van der Waals surface area contributed by atoms with Crippen LogP contribution in [0, 0.1) is 10.1 Å². The lowest BCUT2D eigenvalue weighted by Gasteiger charge is -1.94. The van der Waals surface area contributed by atoms with Crippen molar-refractivity contribution >= 4 is 5.69 Å².